The summed E-state index contributed by atoms with van der Waals surface area (Å²) in [6.07, 6.45) is 3.42. The zero-order chi connectivity index (χ0) is 17.0. The number of Topliss-reactive ketones (excluding diaryl/α,β-unsaturated/α-hetero) is 1. The van der Waals surface area contributed by atoms with Crippen LogP contribution in [-0.2, 0) is 9.59 Å². The molecule has 0 aliphatic rings. The molecule has 1 N–H and O–H groups in total. The van der Waals surface area contributed by atoms with Crippen LogP contribution in [0, 0.1) is 5.82 Å². The van der Waals surface area contributed by atoms with Crippen LogP contribution in [0.1, 0.15) is 52.9 Å². The summed E-state index contributed by atoms with van der Waals surface area (Å²) < 4.78 is 13.1. The Hall–Kier alpha value is -2.25. The van der Waals surface area contributed by atoms with Crippen LogP contribution in [0.4, 0.5) is 10.2 Å². The van der Waals surface area contributed by atoms with Gasteiger partial charge >= 0.3 is 5.69 Å². The van der Waals surface area contributed by atoms with Gasteiger partial charge in [0.15, 0.2) is 11.6 Å². The van der Waals surface area contributed by atoms with Crippen LogP contribution in [0.25, 0.3) is 0 Å². The van der Waals surface area contributed by atoms with Crippen molar-refractivity contribution in [2.45, 2.75) is 52.9 Å². The normalized spacial score (nSPS) is 10.2. The van der Waals surface area contributed by atoms with E-state index < -0.39 is 23.2 Å². The molecule has 0 bridgehead atoms. The van der Waals surface area contributed by atoms with E-state index >= 15 is 0 Å². The molecule has 0 atom stereocenters. The van der Waals surface area contributed by atoms with E-state index in [1.807, 2.05) is 18.8 Å². The van der Waals surface area contributed by atoms with Gasteiger partial charge in [0.05, 0.1) is 6.20 Å². The van der Waals surface area contributed by atoms with Crippen LogP contribution in [0.5, 0.6) is 0 Å². The quantitative estimate of drug-likeness (QED) is 0.617. The van der Waals surface area contributed by atoms with Gasteiger partial charge in [-0.25, -0.2) is 9.18 Å². The molecule has 1 aromatic rings. The number of azo groups is 1. The van der Waals surface area contributed by atoms with Gasteiger partial charge in [0.25, 0.3) is 5.91 Å². The summed E-state index contributed by atoms with van der Waals surface area (Å²) in [7, 11) is 0. The summed E-state index contributed by atoms with van der Waals surface area (Å²) in [6, 6.07) is 0. The Morgan fingerprint density at radius 1 is 1.23 bits per heavy atom. The van der Waals surface area contributed by atoms with Gasteiger partial charge in [-0.1, -0.05) is 20.3 Å². The fraction of sp³-hybridized carbons (Fsp3) is 0.571. The number of ketones is 1. The summed E-state index contributed by atoms with van der Waals surface area (Å²) in [5.41, 5.74) is -0.767. The number of carbonyl (C=O) groups excluding carboxylic acids is 2. The largest absolute Gasteiger partial charge is 0.346 e. The van der Waals surface area contributed by atoms with E-state index in [-0.39, 0.29) is 12.2 Å². The summed E-state index contributed by atoms with van der Waals surface area (Å²) in [5, 5.41) is 6.65. The number of nitrogens with zero attached hydrogens (tertiary/aromatic N) is 3. The standard InChI is InChI=1S/C12H15FN4O3.C2H6/c1-8(18)5-3-2-4-6-10(19)16-17-11-9(13)7-14-12(20)15-11;1-2/h7H,2-6H2,1H3,(H,14,15,20);1-2H3. The van der Waals surface area contributed by atoms with Crippen LogP contribution in [0.2, 0.25) is 0 Å². The van der Waals surface area contributed by atoms with Crippen molar-refractivity contribution in [1.82, 2.24) is 9.97 Å². The van der Waals surface area contributed by atoms with Crippen molar-refractivity contribution < 1.29 is 14.0 Å². The predicted molar refractivity (Wildman–Crippen MR) is 79.5 cm³/mol. The molecule has 7 nitrogen and oxygen atoms in total. The van der Waals surface area contributed by atoms with E-state index in [0.717, 1.165) is 12.8 Å². The Morgan fingerprint density at radius 2 is 1.86 bits per heavy atom. The van der Waals surface area contributed by atoms with Crippen LogP contribution in [0.3, 0.4) is 0 Å². The lowest BCUT2D eigenvalue weighted by atomic mass is 10.1. The first kappa shape index (κ1) is 19.8. The molecule has 0 unspecified atom stereocenters. The van der Waals surface area contributed by atoms with E-state index in [9.17, 15) is 18.8 Å². The molecule has 0 radical (unpaired) electrons. The maximum atomic E-state index is 13.1. The number of nitrogens with one attached hydrogen (secondary N) is 1. The fourth-order valence-corrected chi connectivity index (χ4v) is 1.43. The lowest BCUT2D eigenvalue weighted by molar-refractivity contribution is -0.118. The smallest absolute Gasteiger partial charge is 0.300 e. The van der Waals surface area contributed by atoms with Gasteiger partial charge in [0, 0.05) is 12.8 Å². The van der Waals surface area contributed by atoms with E-state index in [4.69, 9.17) is 0 Å². The highest BCUT2D eigenvalue weighted by Crippen LogP contribution is 2.11. The molecule has 122 valence electrons. The molecule has 0 spiro atoms. The van der Waals surface area contributed by atoms with Crippen molar-refractivity contribution in [2.75, 3.05) is 0 Å². The fourth-order valence-electron chi connectivity index (χ4n) is 1.43. The van der Waals surface area contributed by atoms with E-state index in [0.29, 0.717) is 19.0 Å². The third-order valence-corrected chi connectivity index (χ3v) is 2.43. The first-order chi connectivity index (χ1) is 10.5. The van der Waals surface area contributed by atoms with Gasteiger partial charge in [-0.05, 0) is 19.8 Å². The maximum absolute atomic E-state index is 13.1. The van der Waals surface area contributed by atoms with Gasteiger partial charge in [-0.15, -0.1) is 10.2 Å². The van der Waals surface area contributed by atoms with Gasteiger partial charge < -0.3 is 4.79 Å². The zero-order valence-electron chi connectivity index (χ0n) is 13.1. The van der Waals surface area contributed by atoms with Crippen molar-refractivity contribution in [3.05, 3.63) is 22.5 Å². The minimum absolute atomic E-state index is 0.119. The van der Waals surface area contributed by atoms with Crippen molar-refractivity contribution in [2.24, 2.45) is 10.2 Å². The zero-order valence-corrected chi connectivity index (χ0v) is 13.1. The predicted octanol–water partition coefficient (Wildman–Crippen LogP) is 3.09. The average molecular weight is 312 g/mol. The third kappa shape index (κ3) is 8.83. The molecule has 1 aromatic heterocycles. The monoisotopic (exact) mass is 312 g/mol. The lowest BCUT2D eigenvalue weighted by Crippen LogP contribution is -2.09. The van der Waals surface area contributed by atoms with Crippen molar-refractivity contribution in [3.63, 3.8) is 0 Å². The molecule has 0 aliphatic heterocycles. The Morgan fingerprint density at radius 3 is 2.50 bits per heavy atom. The van der Waals surface area contributed by atoms with Gasteiger partial charge in [0.2, 0.25) is 0 Å². The molecule has 0 fully saturated rings. The molecular formula is C14H21FN4O3. The number of aromatic amines is 1. The Labute approximate surface area is 128 Å². The highest BCUT2D eigenvalue weighted by Gasteiger charge is 2.04. The number of halogens is 1. The van der Waals surface area contributed by atoms with E-state index in [1.54, 1.807) is 0 Å². The number of amides is 1. The molecule has 0 saturated carbocycles. The number of H-pyrrole nitrogens is 1. The molecule has 1 amide bonds. The second kappa shape index (κ2) is 11.4. The molecule has 1 rings (SSSR count). The molecule has 1 heterocycles. The summed E-state index contributed by atoms with van der Waals surface area (Å²) in [4.78, 5) is 38.1. The minimum Gasteiger partial charge on any atom is -0.300 e. The Balaban J connectivity index is 0.00000211. The second-order valence-electron chi connectivity index (χ2n) is 4.24. The van der Waals surface area contributed by atoms with Crippen molar-refractivity contribution in [1.29, 1.82) is 0 Å². The lowest BCUT2D eigenvalue weighted by Gasteiger charge is -1.96. The highest BCUT2D eigenvalue weighted by molar-refractivity contribution is 5.76. The summed E-state index contributed by atoms with van der Waals surface area (Å²) in [5.74, 6) is -1.67. The van der Waals surface area contributed by atoms with Crippen molar-refractivity contribution >= 4 is 17.5 Å². The SMILES string of the molecule is CC.CC(=O)CCCCCC(=O)N=Nc1[nH]c(=O)ncc1F. The minimum atomic E-state index is -0.859. The van der Waals surface area contributed by atoms with Gasteiger partial charge in [0.1, 0.15) is 5.78 Å². The van der Waals surface area contributed by atoms with Gasteiger partial charge in [-0.3, -0.25) is 9.78 Å². The molecular weight excluding hydrogens is 291 g/mol. The summed E-state index contributed by atoms with van der Waals surface area (Å²) in [6.45, 7) is 5.52. The highest BCUT2D eigenvalue weighted by atomic mass is 19.1. The topological polar surface area (TPSA) is 105 Å². The van der Waals surface area contributed by atoms with Gasteiger partial charge in [-0.2, -0.15) is 4.98 Å². The number of carbonyl (C=O) groups is 2. The number of hydrogen-bond acceptors (Lipinski definition) is 5. The Bertz CT molecular complexity index is 569. The molecule has 0 saturated heterocycles. The third-order valence-electron chi connectivity index (χ3n) is 2.43. The molecule has 0 aliphatic carbocycles. The van der Waals surface area contributed by atoms with E-state index in [1.165, 1.54) is 6.92 Å². The van der Waals surface area contributed by atoms with Crippen LogP contribution < -0.4 is 5.69 Å². The first-order valence-electron chi connectivity index (χ1n) is 7.18. The number of unbranched alkanes of at least 4 members (excludes halogenated alkanes) is 2. The summed E-state index contributed by atoms with van der Waals surface area (Å²) >= 11 is 0. The van der Waals surface area contributed by atoms with Crippen molar-refractivity contribution in [3.8, 4) is 0 Å². The van der Waals surface area contributed by atoms with Crippen LogP contribution in [-0.4, -0.2) is 21.7 Å². The number of rotatable bonds is 7. The second-order valence-corrected chi connectivity index (χ2v) is 4.24. The maximum Gasteiger partial charge on any atom is 0.346 e. The molecule has 8 heteroatoms. The first-order valence-corrected chi connectivity index (χ1v) is 7.18. The van der Waals surface area contributed by atoms with Crippen LogP contribution in [0.15, 0.2) is 21.2 Å². The van der Waals surface area contributed by atoms with E-state index in [2.05, 4.69) is 15.2 Å². The molecule has 0 aromatic carbocycles. The number of aromatic nitrogens is 2. The van der Waals surface area contributed by atoms with Crippen LogP contribution >= 0.6 is 0 Å². The number of hydrogen-bond donors (Lipinski definition) is 1. The average Bonchev–Trinajstić information content (AvgIpc) is 2.49. The molecule has 22 heavy (non-hydrogen) atoms. The Kier molecular flexibility index (Phi) is 10.2.